The molecule has 0 aliphatic heterocycles. The lowest BCUT2D eigenvalue weighted by Crippen LogP contribution is -2.16. The van der Waals surface area contributed by atoms with Crippen molar-refractivity contribution in [3.8, 4) is 11.4 Å². The lowest BCUT2D eigenvalue weighted by Gasteiger charge is -2.11. The third kappa shape index (κ3) is 3.71. The molecule has 1 amide bonds. The molecule has 2 heterocycles. The lowest BCUT2D eigenvalue weighted by molar-refractivity contribution is -0.141. The fourth-order valence-electron chi connectivity index (χ4n) is 2.37. The molecule has 0 bridgehead atoms. The van der Waals surface area contributed by atoms with E-state index in [1.807, 2.05) is 0 Å². The highest BCUT2D eigenvalue weighted by molar-refractivity contribution is 6.05. The SMILES string of the molecule is Cc1nc(-c2cccc(NC(=O)c3ccc(C(F)(F)F)nc3C)c2)n[nH]1. The van der Waals surface area contributed by atoms with Gasteiger partial charge in [0.25, 0.3) is 5.91 Å². The van der Waals surface area contributed by atoms with Crippen molar-refractivity contribution in [1.82, 2.24) is 20.2 Å². The van der Waals surface area contributed by atoms with Gasteiger partial charge in [-0.05, 0) is 38.1 Å². The number of aryl methyl sites for hydroxylation is 2. The van der Waals surface area contributed by atoms with E-state index in [1.165, 1.54) is 6.92 Å². The Morgan fingerprint density at radius 2 is 1.88 bits per heavy atom. The molecule has 134 valence electrons. The smallest absolute Gasteiger partial charge is 0.322 e. The van der Waals surface area contributed by atoms with Crippen LogP contribution in [0.1, 0.15) is 27.6 Å². The van der Waals surface area contributed by atoms with Crippen molar-refractivity contribution >= 4 is 11.6 Å². The molecule has 0 saturated carbocycles. The minimum absolute atomic E-state index is 0.00178. The van der Waals surface area contributed by atoms with Gasteiger partial charge in [-0.1, -0.05) is 12.1 Å². The van der Waals surface area contributed by atoms with E-state index in [4.69, 9.17) is 0 Å². The lowest BCUT2D eigenvalue weighted by atomic mass is 10.1. The van der Waals surface area contributed by atoms with Gasteiger partial charge < -0.3 is 5.32 Å². The van der Waals surface area contributed by atoms with Crippen LogP contribution in [0.4, 0.5) is 18.9 Å². The van der Waals surface area contributed by atoms with E-state index < -0.39 is 17.8 Å². The van der Waals surface area contributed by atoms with Crippen molar-refractivity contribution in [3.05, 3.63) is 59.2 Å². The van der Waals surface area contributed by atoms with Crippen molar-refractivity contribution in [2.24, 2.45) is 0 Å². The van der Waals surface area contributed by atoms with Crippen molar-refractivity contribution < 1.29 is 18.0 Å². The number of carbonyl (C=O) groups excluding carboxylic acids is 1. The number of aromatic nitrogens is 4. The molecule has 0 aliphatic carbocycles. The first-order valence-corrected chi connectivity index (χ1v) is 7.59. The Bertz CT molecular complexity index is 965. The summed E-state index contributed by atoms with van der Waals surface area (Å²) in [5.74, 6) is 0.582. The van der Waals surface area contributed by atoms with Gasteiger partial charge in [0.2, 0.25) is 0 Å². The summed E-state index contributed by atoms with van der Waals surface area (Å²) in [5.41, 5.74) is 0.187. The number of halogens is 3. The first kappa shape index (κ1) is 17.6. The Kier molecular flexibility index (Phi) is 4.45. The molecule has 2 N–H and O–H groups in total. The number of aromatic amines is 1. The maximum Gasteiger partial charge on any atom is 0.433 e. The molecule has 2 aromatic heterocycles. The molecule has 1 aromatic carbocycles. The first-order chi connectivity index (χ1) is 12.2. The van der Waals surface area contributed by atoms with Crippen LogP contribution in [0.3, 0.4) is 0 Å². The van der Waals surface area contributed by atoms with E-state index in [9.17, 15) is 18.0 Å². The maximum absolute atomic E-state index is 12.7. The number of alkyl halides is 3. The summed E-state index contributed by atoms with van der Waals surface area (Å²) < 4.78 is 38.0. The second kappa shape index (κ2) is 6.58. The molecule has 0 spiro atoms. The van der Waals surface area contributed by atoms with Gasteiger partial charge in [0.05, 0.1) is 11.3 Å². The molecule has 0 unspecified atom stereocenters. The maximum atomic E-state index is 12.7. The minimum atomic E-state index is -4.55. The topological polar surface area (TPSA) is 83.6 Å². The fraction of sp³-hybridized carbons (Fsp3) is 0.176. The van der Waals surface area contributed by atoms with Crippen molar-refractivity contribution in [2.45, 2.75) is 20.0 Å². The van der Waals surface area contributed by atoms with Crippen LogP contribution in [0.15, 0.2) is 36.4 Å². The number of nitrogens with zero attached hydrogens (tertiary/aromatic N) is 3. The van der Waals surface area contributed by atoms with Gasteiger partial charge >= 0.3 is 6.18 Å². The van der Waals surface area contributed by atoms with E-state index in [0.717, 1.165) is 12.1 Å². The number of pyridine rings is 1. The summed E-state index contributed by atoms with van der Waals surface area (Å²) in [6.07, 6.45) is -4.55. The van der Waals surface area contributed by atoms with E-state index >= 15 is 0 Å². The summed E-state index contributed by atoms with van der Waals surface area (Å²) in [5, 5.41) is 9.42. The summed E-state index contributed by atoms with van der Waals surface area (Å²) >= 11 is 0. The molecule has 0 saturated heterocycles. The number of benzene rings is 1. The molecule has 0 radical (unpaired) electrons. The number of amides is 1. The van der Waals surface area contributed by atoms with Gasteiger partial charge in [-0.15, -0.1) is 0 Å². The Morgan fingerprint density at radius 1 is 1.12 bits per heavy atom. The zero-order valence-electron chi connectivity index (χ0n) is 13.8. The summed E-state index contributed by atoms with van der Waals surface area (Å²) in [7, 11) is 0. The van der Waals surface area contributed by atoms with Crippen LogP contribution < -0.4 is 5.32 Å². The van der Waals surface area contributed by atoms with Crippen molar-refractivity contribution in [3.63, 3.8) is 0 Å². The fourth-order valence-corrected chi connectivity index (χ4v) is 2.37. The van der Waals surface area contributed by atoms with Crippen molar-refractivity contribution in [1.29, 1.82) is 0 Å². The third-order valence-corrected chi connectivity index (χ3v) is 3.60. The highest BCUT2D eigenvalue weighted by atomic mass is 19.4. The number of H-pyrrole nitrogens is 1. The average Bonchev–Trinajstić information content (AvgIpc) is 3.00. The molecule has 0 atom stereocenters. The van der Waals surface area contributed by atoms with Gasteiger partial charge in [0.1, 0.15) is 11.5 Å². The van der Waals surface area contributed by atoms with Crippen LogP contribution in [-0.2, 0) is 6.18 Å². The third-order valence-electron chi connectivity index (χ3n) is 3.60. The van der Waals surface area contributed by atoms with Crippen LogP contribution >= 0.6 is 0 Å². The second-order valence-electron chi connectivity index (χ2n) is 5.61. The minimum Gasteiger partial charge on any atom is -0.322 e. The average molecular weight is 361 g/mol. The molecule has 26 heavy (non-hydrogen) atoms. The molecule has 0 fully saturated rings. The van der Waals surface area contributed by atoms with Gasteiger partial charge in [-0.2, -0.15) is 18.3 Å². The number of rotatable bonds is 3. The van der Waals surface area contributed by atoms with Crippen LogP contribution in [0.5, 0.6) is 0 Å². The quantitative estimate of drug-likeness (QED) is 0.744. The Balaban J connectivity index is 1.82. The monoisotopic (exact) mass is 361 g/mol. The zero-order valence-corrected chi connectivity index (χ0v) is 13.8. The molecule has 9 heteroatoms. The molecule has 6 nitrogen and oxygen atoms in total. The molecular formula is C17H14F3N5O. The van der Waals surface area contributed by atoms with Crippen LogP contribution in [-0.4, -0.2) is 26.1 Å². The summed E-state index contributed by atoms with van der Waals surface area (Å²) in [6.45, 7) is 3.12. The predicted octanol–water partition coefficient (Wildman–Crippen LogP) is 3.75. The van der Waals surface area contributed by atoms with Gasteiger partial charge in [0, 0.05) is 11.3 Å². The number of anilines is 1. The standard InChI is InChI=1S/C17H14F3N5O/c1-9-13(6-7-14(21-9)17(18,19)20)16(26)23-12-5-3-4-11(8-12)15-22-10(2)24-25-15/h3-8H,1-2H3,(H,23,26)(H,22,24,25). The number of hydrogen-bond donors (Lipinski definition) is 2. The van der Waals surface area contributed by atoms with E-state index in [1.54, 1.807) is 31.2 Å². The second-order valence-corrected chi connectivity index (χ2v) is 5.61. The normalized spacial score (nSPS) is 11.4. The van der Waals surface area contributed by atoms with Crippen molar-refractivity contribution in [2.75, 3.05) is 5.32 Å². The van der Waals surface area contributed by atoms with Gasteiger partial charge in [-0.3, -0.25) is 9.89 Å². The van der Waals surface area contributed by atoms with Gasteiger partial charge in [-0.25, -0.2) is 9.97 Å². The Morgan fingerprint density at radius 3 is 2.50 bits per heavy atom. The van der Waals surface area contributed by atoms with Crippen LogP contribution in [0, 0.1) is 13.8 Å². The number of hydrogen-bond acceptors (Lipinski definition) is 4. The van der Waals surface area contributed by atoms with E-state index in [2.05, 4.69) is 25.5 Å². The largest absolute Gasteiger partial charge is 0.433 e. The van der Waals surface area contributed by atoms with E-state index in [0.29, 0.717) is 22.9 Å². The Hall–Kier alpha value is -3.23. The van der Waals surface area contributed by atoms with Crippen LogP contribution in [0.25, 0.3) is 11.4 Å². The number of carbonyl (C=O) groups is 1. The first-order valence-electron chi connectivity index (χ1n) is 7.59. The van der Waals surface area contributed by atoms with Crippen LogP contribution in [0.2, 0.25) is 0 Å². The predicted molar refractivity (Wildman–Crippen MR) is 88.5 cm³/mol. The Labute approximate surface area is 146 Å². The molecule has 0 aliphatic rings. The highest BCUT2D eigenvalue weighted by Crippen LogP contribution is 2.28. The molecular weight excluding hydrogens is 347 g/mol. The van der Waals surface area contributed by atoms with E-state index in [-0.39, 0.29) is 11.3 Å². The molecule has 3 aromatic rings. The summed E-state index contributed by atoms with van der Waals surface area (Å²) in [6, 6.07) is 8.73. The summed E-state index contributed by atoms with van der Waals surface area (Å²) in [4.78, 5) is 20.1. The number of nitrogens with one attached hydrogen (secondary N) is 2. The zero-order chi connectivity index (χ0) is 18.9. The van der Waals surface area contributed by atoms with Gasteiger partial charge in [0.15, 0.2) is 5.82 Å². The molecule has 3 rings (SSSR count). The highest BCUT2D eigenvalue weighted by Gasteiger charge is 2.33.